The summed E-state index contributed by atoms with van der Waals surface area (Å²) in [6, 6.07) is 3.74. The van der Waals surface area contributed by atoms with Crippen LogP contribution in [0.1, 0.15) is 46.1 Å². The van der Waals surface area contributed by atoms with Crippen molar-refractivity contribution in [2.75, 3.05) is 27.2 Å². The Balaban J connectivity index is 1.95. The second-order valence-corrected chi connectivity index (χ2v) is 10.8. The van der Waals surface area contributed by atoms with Gasteiger partial charge < -0.3 is 4.74 Å². The molecule has 2 aromatic rings. The second kappa shape index (κ2) is 9.72. The van der Waals surface area contributed by atoms with E-state index in [9.17, 15) is 22.0 Å². The SMILES string of the molecule is CCCCN(C)S(=O)(=O)c1sc2c(c1C(=O)OC)CCN(Cc1c(F)cccc1F)C2. The maximum Gasteiger partial charge on any atom is 0.340 e. The number of benzene rings is 1. The fraction of sp³-hybridized carbons (Fsp3) is 0.476. The second-order valence-electron chi connectivity index (χ2n) is 7.50. The molecule has 0 atom stereocenters. The van der Waals surface area contributed by atoms with Gasteiger partial charge in [0.05, 0.1) is 12.7 Å². The lowest BCUT2D eigenvalue weighted by Crippen LogP contribution is -2.31. The van der Waals surface area contributed by atoms with Gasteiger partial charge in [0.2, 0.25) is 0 Å². The molecule has 0 bridgehead atoms. The number of unbranched alkanes of at least 4 members (excludes halogenated alkanes) is 1. The van der Waals surface area contributed by atoms with Crippen molar-refractivity contribution in [3.63, 3.8) is 0 Å². The molecule has 6 nitrogen and oxygen atoms in total. The molecule has 0 amide bonds. The van der Waals surface area contributed by atoms with Gasteiger partial charge in [-0.2, -0.15) is 0 Å². The molecule has 0 unspecified atom stereocenters. The van der Waals surface area contributed by atoms with Crippen molar-refractivity contribution in [1.29, 1.82) is 0 Å². The molecule has 0 fully saturated rings. The number of thiophene rings is 1. The van der Waals surface area contributed by atoms with Crippen LogP contribution in [0.3, 0.4) is 0 Å². The molecule has 1 aromatic carbocycles. The van der Waals surface area contributed by atoms with Crippen LogP contribution in [0, 0.1) is 11.6 Å². The van der Waals surface area contributed by atoms with E-state index in [-0.39, 0.29) is 21.9 Å². The lowest BCUT2D eigenvalue weighted by molar-refractivity contribution is 0.0595. The number of sulfonamides is 1. The molecule has 170 valence electrons. The van der Waals surface area contributed by atoms with Gasteiger partial charge in [0.25, 0.3) is 10.0 Å². The molecule has 0 saturated carbocycles. The first-order valence-electron chi connectivity index (χ1n) is 10.0. The first kappa shape index (κ1) is 23.8. The third kappa shape index (κ3) is 4.82. The van der Waals surface area contributed by atoms with Crippen LogP contribution in [0.2, 0.25) is 0 Å². The van der Waals surface area contributed by atoms with E-state index in [1.807, 2.05) is 11.8 Å². The Hall–Kier alpha value is -1.88. The Morgan fingerprint density at radius 1 is 1.29 bits per heavy atom. The topological polar surface area (TPSA) is 66.9 Å². The zero-order chi connectivity index (χ0) is 22.8. The van der Waals surface area contributed by atoms with Crippen molar-refractivity contribution < 1.29 is 26.7 Å². The number of rotatable bonds is 8. The quantitative estimate of drug-likeness (QED) is 0.547. The van der Waals surface area contributed by atoms with Gasteiger partial charge in [-0.15, -0.1) is 11.3 Å². The Morgan fingerprint density at radius 2 is 1.97 bits per heavy atom. The number of nitrogens with zero attached hydrogens (tertiary/aromatic N) is 2. The van der Waals surface area contributed by atoms with Gasteiger partial charge in [0, 0.05) is 43.7 Å². The molecular formula is C21H26F2N2O4S2. The Morgan fingerprint density at radius 3 is 2.58 bits per heavy atom. The van der Waals surface area contributed by atoms with E-state index < -0.39 is 27.6 Å². The highest BCUT2D eigenvalue weighted by atomic mass is 32.2. The fourth-order valence-electron chi connectivity index (χ4n) is 3.61. The fourth-order valence-corrected chi connectivity index (χ4v) is 6.93. The first-order chi connectivity index (χ1) is 14.7. The van der Waals surface area contributed by atoms with E-state index >= 15 is 0 Å². The summed E-state index contributed by atoms with van der Waals surface area (Å²) in [4.78, 5) is 15.0. The van der Waals surface area contributed by atoms with Crippen LogP contribution in [-0.4, -0.2) is 50.8 Å². The molecule has 31 heavy (non-hydrogen) atoms. The van der Waals surface area contributed by atoms with E-state index in [0.717, 1.165) is 17.8 Å². The molecule has 0 spiro atoms. The van der Waals surface area contributed by atoms with Crippen LogP contribution < -0.4 is 0 Å². The highest BCUT2D eigenvalue weighted by molar-refractivity contribution is 7.91. The van der Waals surface area contributed by atoms with Crippen molar-refractivity contribution in [2.45, 2.75) is 43.5 Å². The highest BCUT2D eigenvalue weighted by Gasteiger charge is 2.36. The molecule has 0 saturated heterocycles. The van der Waals surface area contributed by atoms with Gasteiger partial charge in [-0.25, -0.2) is 26.3 Å². The first-order valence-corrected chi connectivity index (χ1v) is 12.3. The van der Waals surface area contributed by atoms with Crippen LogP contribution in [0.25, 0.3) is 0 Å². The number of esters is 1. The van der Waals surface area contributed by atoms with Crippen molar-refractivity contribution in [3.8, 4) is 0 Å². The van der Waals surface area contributed by atoms with Gasteiger partial charge in [-0.3, -0.25) is 4.90 Å². The van der Waals surface area contributed by atoms with Crippen LogP contribution in [0.5, 0.6) is 0 Å². The number of methoxy groups -OCH3 is 1. The number of carbonyl (C=O) groups is 1. The van der Waals surface area contributed by atoms with Gasteiger partial charge >= 0.3 is 5.97 Å². The minimum atomic E-state index is -3.87. The molecule has 3 rings (SSSR count). The third-order valence-electron chi connectivity index (χ3n) is 5.41. The Kier molecular flexibility index (Phi) is 7.46. The number of fused-ring (bicyclic) bond motifs is 1. The van der Waals surface area contributed by atoms with E-state index in [1.165, 1.54) is 36.7 Å². The molecule has 1 aliphatic rings. The number of carbonyl (C=O) groups excluding carboxylic acids is 1. The van der Waals surface area contributed by atoms with Crippen LogP contribution in [0.15, 0.2) is 22.4 Å². The summed E-state index contributed by atoms with van der Waals surface area (Å²) in [6.07, 6.45) is 1.93. The summed E-state index contributed by atoms with van der Waals surface area (Å²) in [5.41, 5.74) is 0.704. The van der Waals surface area contributed by atoms with Crippen molar-refractivity contribution >= 4 is 27.3 Å². The molecule has 0 radical (unpaired) electrons. The number of halogens is 2. The van der Waals surface area contributed by atoms with E-state index in [1.54, 1.807) is 0 Å². The van der Waals surface area contributed by atoms with Crippen LogP contribution in [-0.2, 0) is 34.3 Å². The Labute approximate surface area is 185 Å². The van der Waals surface area contributed by atoms with Crippen molar-refractivity contribution in [1.82, 2.24) is 9.21 Å². The molecule has 10 heteroatoms. The average Bonchev–Trinajstić information content (AvgIpc) is 3.13. The highest BCUT2D eigenvalue weighted by Crippen LogP contribution is 2.38. The van der Waals surface area contributed by atoms with Gasteiger partial charge in [-0.05, 0) is 30.5 Å². The van der Waals surface area contributed by atoms with E-state index in [0.29, 0.717) is 42.9 Å². The van der Waals surface area contributed by atoms with Crippen molar-refractivity contribution in [3.05, 3.63) is 51.4 Å². The predicted molar refractivity (Wildman–Crippen MR) is 115 cm³/mol. The zero-order valence-electron chi connectivity index (χ0n) is 17.8. The maximum atomic E-state index is 14.1. The van der Waals surface area contributed by atoms with Gasteiger partial charge in [-0.1, -0.05) is 19.4 Å². The van der Waals surface area contributed by atoms with E-state index in [4.69, 9.17) is 4.74 Å². The normalized spacial score (nSPS) is 14.6. The molecule has 1 aromatic heterocycles. The van der Waals surface area contributed by atoms with Crippen LogP contribution in [0.4, 0.5) is 8.78 Å². The van der Waals surface area contributed by atoms with Gasteiger partial charge in [0.1, 0.15) is 15.8 Å². The minimum Gasteiger partial charge on any atom is -0.465 e. The number of ether oxygens (including phenoxy) is 1. The summed E-state index contributed by atoms with van der Waals surface area (Å²) < 4.78 is 60.6. The Bertz CT molecular complexity index is 1050. The third-order valence-corrected chi connectivity index (χ3v) is 8.98. The largest absolute Gasteiger partial charge is 0.465 e. The van der Waals surface area contributed by atoms with E-state index in [2.05, 4.69) is 0 Å². The van der Waals surface area contributed by atoms with Gasteiger partial charge in [0.15, 0.2) is 0 Å². The van der Waals surface area contributed by atoms with Crippen LogP contribution >= 0.6 is 11.3 Å². The summed E-state index contributed by atoms with van der Waals surface area (Å²) in [5.74, 6) is -1.92. The van der Waals surface area contributed by atoms with Crippen molar-refractivity contribution in [2.24, 2.45) is 0 Å². The zero-order valence-corrected chi connectivity index (χ0v) is 19.4. The maximum absolute atomic E-state index is 14.1. The smallest absolute Gasteiger partial charge is 0.340 e. The lowest BCUT2D eigenvalue weighted by atomic mass is 10.0. The summed E-state index contributed by atoms with van der Waals surface area (Å²) in [5, 5.41) is 0. The summed E-state index contributed by atoms with van der Waals surface area (Å²) >= 11 is 1.04. The molecule has 2 heterocycles. The molecule has 0 aliphatic carbocycles. The standard InChI is InChI=1S/C21H26F2N2O4S2/c1-4-5-10-24(2)31(27,28)21-19(20(26)29-3)14-9-11-25(13-18(14)30-21)12-15-16(22)7-6-8-17(15)23/h6-8H,4-5,9-13H2,1-3H3. The molecular weight excluding hydrogens is 446 g/mol. The number of hydrogen-bond acceptors (Lipinski definition) is 6. The molecule has 0 N–H and O–H groups in total. The average molecular weight is 473 g/mol. The predicted octanol–water partition coefficient (Wildman–Crippen LogP) is 3.79. The lowest BCUT2D eigenvalue weighted by Gasteiger charge is -2.27. The summed E-state index contributed by atoms with van der Waals surface area (Å²) in [6.45, 7) is 3.11. The minimum absolute atomic E-state index is 0.0251. The molecule has 1 aliphatic heterocycles. The number of hydrogen-bond donors (Lipinski definition) is 0. The summed E-state index contributed by atoms with van der Waals surface area (Å²) in [7, 11) is -1.15. The monoisotopic (exact) mass is 472 g/mol.